The van der Waals surface area contributed by atoms with Crippen molar-refractivity contribution in [3.63, 3.8) is 0 Å². The quantitative estimate of drug-likeness (QED) is 0.763. The standard InChI is InChI=1S/C10H8ClNO2/c1-13-9-3-2-7(4-8(9)11)10-5-12-6-14-10/h2-6H,1H3. The number of nitrogens with zero attached hydrogens (tertiary/aromatic N) is 1. The van der Waals surface area contributed by atoms with E-state index in [0.717, 1.165) is 5.56 Å². The summed E-state index contributed by atoms with van der Waals surface area (Å²) >= 11 is 5.96. The number of hydrogen-bond donors (Lipinski definition) is 0. The highest BCUT2D eigenvalue weighted by molar-refractivity contribution is 6.32. The van der Waals surface area contributed by atoms with E-state index in [1.165, 1.54) is 6.39 Å². The summed E-state index contributed by atoms with van der Waals surface area (Å²) in [7, 11) is 1.58. The molecule has 0 spiro atoms. The van der Waals surface area contributed by atoms with E-state index < -0.39 is 0 Å². The van der Waals surface area contributed by atoms with Crippen molar-refractivity contribution in [2.75, 3.05) is 7.11 Å². The van der Waals surface area contributed by atoms with Crippen LogP contribution in [0.3, 0.4) is 0 Å². The molecule has 0 amide bonds. The molecule has 3 nitrogen and oxygen atoms in total. The van der Waals surface area contributed by atoms with Gasteiger partial charge in [0.2, 0.25) is 0 Å². The molecule has 1 heterocycles. The molecule has 0 N–H and O–H groups in total. The lowest BCUT2D eigenvalue weighted by Gasteiger charge is -2.03. The van der Waals surface area contributed by atoms with Gasteiger partial charge in [0.25, 0.3) is 0 Å². The fourth-order valence-electron chi connectivity index (χ4n) is 1.18. The van der Waals surface area contributed by atoms with Crippen molar-refractivity contribution in [1.82, 2.24) is 4.98 Å². The van der Waals surface area contributed by atoms with E-state index in [4.69, 9.17) is 20.8 Å². The first kappa shape index (κ1) is 9.09. The molecule has 0 saturated heterocycles. The predicted octanol–water partition coefficient (Wildman–Crippen LogP) is 3.00. The zero-order valence-electron chi connectivity index (χ0n) is 7.53. The Morgan fingerprint density at radius 2 is 2.29 bits per heavy atom. The first-order valence-corrected chi connectivity index (χ1v) is 4.41. The second-order valence-electron chi connectivity index (χ2n) is 2.72. The molecule has 4 heteroatoms. The SMILES string of the molecule is COc1ccc(-c2cnco2)cc1Cl. The Kier molecular flexibility index (Phi) is 2.41. The number of halogens is 1. The van der Waals surface area contributed by atoms with Crippen LogP contribution in [0.2, 0.25) is 5.02 Å². The summed E-state index contributed by atoms with van der Waals surface area (Å²) in [5.74, 6) is 1.34. The lowest BCUT2D eigenvalue weighted by molar-refractivity contribution is 0.415. The fraction of sp³-hybridized carbons (Fsp3) is 0.100. The van der Waals surface area contributed by atoms with E-state index >= 15 is 0 Å². The van der Waals surface area contributed by atoms with Gasteiger partial charge >= 0.3 is 0 Å². The third-order valence-corrected chi connectivity index (χ3v) is 2.16. The van der Waals surface area contributed by atoms with E-state index in [0.29, 0.717) is 16.5 Å². The molecule has 1 aromatic heterocycles. The maximum absolute atomic E-state index is 5.96. The van der Waals surface area contributed by atoms with Crippen molar-refractivity contribution in [2.24, 2.45) is 0 Å². The first-order chi connectivity index (χ1) is 6.81. The summed E-state index contributed by atoms with van der Waals surface area (Å²) in [6.07, 6.45) is 3.02. The molecule has 0 atom stereocenters. The van der Waals surface area contributed by atoms with E-state index in [1.54, 1.807) is 25.4 Å². The second kappa shape index (κ2) is 3.72. The lowest BCUT2D eigenvalue weighted by atomic mass is 10.2. The minimum absolute atomic E-state index is 0.557. The van der Waals surface area contributed by atoms with Gasteiger partial charge < -0.3 is 9.15 Å². The summed E-state index contributed by atoms with van der Waals surface area (Å²) in [6, 6.07) is 5.44. The number of hydrogen-bond acceptors (Lipinski definition) is 3. The van der Waals surface area contributed by atoms with Gasteiger partial charge in [-0.05, 0) is 18.2 Å². The maximum Gasteiger partial charge on any atom is 0.181 e. The van der Waals surface area contributed by atoms with Crippen LogP contribution >= 0.6 is 11.6 Å². The third-order valence-electron chi connectivity index (χ3n) is 1.87. The summed E-state index contributed by atoms with van der Waals surface area (Å²) in [5.41, 5.74) is 0.883. The van der Waals surface area contributed by atoms with Gasteiger partial charge in [0.1, 0.15) is 5.75 Å². The molecule has 2 rings (SSSR count). The summed E-state index contributed by atoms with van der Waals surface area (Å²) in [5, 5.41) is 0.557. The molecule has 0 bridgehead atoms. The van der Waals surface area contributed by atoms with E-state index in [-0.39, 0.29) is 0 Å². The highest BCUT2D eigenvalue weighted by Gasteiger charge is 2.05. The first-order valence-electron chi connectivity index (χ1n) is 4.03. The normalized spacial score (nSPS) is 10.1. The molecule has 1 aromatic carbocycles. The van der Waals surface area contributed by atoms with Crippen molar-refractivity contribution in [3.8, 4) is 17.1 Å². The van der Waals surface area contributed by atoms with Crippen molar-refractivity contribution < 1.29 is 9.15 Å². The molecule has 0 aliphatic carbocycles. The fourth-order valence-corrected chi connectivity index (χ4v) is 1.44. The zero-order valence-corrected chi connectivity index (χ0v) is 8.28. The Bertz CT molecular complexity index is 426. The minimum atomic E-state index is 0.557. The Hall–Kier alpha value is -1.48. The van der Waals surface area contributed by atoms with E-state index in [9.17, 15) is 0 Å². The third kappa shape index (κ3) is 1.59. The number of rotatable bonds is 2. The van der Waals surface area contributed by atoms with Gasteiger partial charge in [-0.25, -0.2) is 4.98 Å². The molecule has 0 aliphatic heterocycles. The second-order valence-corrected chi connectivity index (χ2v) is 3.12. The van der Waals surface area contributed by atoms with Crippen LogP contribution in [-0.4, -0.2) is 12.1 Å². The molecule has 0 radical (unpaired) electrons. The van der Waals surface area contributed by atoms with E-state index in [2.05, 4.69) is 4.98 Å². The van der Waals surface area contributed by atoms with Gasteiger partial charge in [-0.3, -0.25) is 0 Å². The number of benzene rings is 1. The average Bonchev–Trinajstić information content (AvgIpc) is 2.70. The Balaban J connectivity index is 2.43. The highest BCUT2D eigenvalue weighted by atomic mass is 35.5. The van der Waals surface area contributed by atoms with Crippen LogP contribution in [0.15, 0.2) is 35.2 Å². The van der Waals surface area contributed by atoms with Crippen LogP contribution in [0.1, 0.15) is 0 Å². The molecular weight excluding hydrogens is 202 g/mol. The number of oxazole rings is 1. The van der Waals surface area contributed by atoms with Gasteiger partial charge in [0.15, 0.2) is 12.2 Å². The number of methoxy groups -OCH3 is 1. The Labute approximate surface area is 86.3 Å². The van der Waals surface area contributed by atoms with Crippen LogP contribution in [0.4, 0.5) is 0 Å². The lowest BCUT2D eigenvalue weighted by Crippen LogP contribution is -1.84. The average molecular weight is 210 g/mol. The van der Waals surface area contributed by atoms with Crippen molar-refractivity contribution >= 4 is 11.6 Å². The molecule has 0 saturated carbocycles. The Morgan fingerprint density at radius 1 is 1.43 bits per heavy atom. The summed E-state index contributed by atoms with van der Waals surface area (Å²) in [6.45, 7) is 0. The highest BCUT2D eigenvalue weighted by Crippen LogP contribution is 2.29. The number of aromatic nitrogens is 1. The van der Waals surface area contributed by atoms with Gasteiger partial charge in [-0.1, -0.05) is 11.6 Å². The summed E-state index contributed by atoms with van der Waals surface area (Å²) in [4.78, 5) is 3.83. The van der Waals surface area contributed by atoms with Crippen LogP contribution in [0.25, 0.3) is 11.3 Å². The monoisotopic (exact) mass is 209 g/mol. The molecular formula is C10H8ClNO2. The van der Waals surface area contributed by atoms with Crippen LogP contribution < -0.4 is 4.74 Å². The van der Waals surface area contributed by atoms with Gasteiger partial charge in [-0.15, -0.1) is 0 Å². The smallest absolute Gasteiger partial charge is 0.181 e. The van der Waals surface area contributed by atoms with Gasteiger partial charge in [0, 0.05) is 5.56 Å². The van der Waals surface area contributed by atoms with Crippen molar-refractivity contribution in [3.05, 3.63) is 35.8 Å². The van der Waals surface area contributed by atoms with Crippen LogP contribution in [0.5, 0.6) is 5.75 Å². The molecule has 0 aliphatic rings. The van der Waals surface area contributed by atoms with Crippen molar-refractivity contribution in [2.45, 2.75) is 0 Å². The molecule has 14 heavy (non-hydrogen) atoms. The molecule has 0 unspecified atom stereocenters. The maximum atomic E-state index is 5.96. The van der Waals surface area contributed by atoms with Crippen molar-refractivity contribution in [1.29, 1.82) is 0 Å². The molecule has 72 valence electrons. The minimum Gasteiger partial charge on any atom is -0.495 e. The largest absolute Gasteiger partial charge is 0.495 e. The van der Waals surface area contributed by atoms with Gasteiger partial charge in [-0.2, -0.15) is 0 Å². The summed E-state index contributed by atoms with van der Waals surface area (Å²) < 4.78 is 10.2. The van der Waals surface area contributed by atoms with Crippen LogP contribution in [0, 0.1) is 0 Å². The number of ether oxygens (including phenoxy) is 1. The molecule has 0 fully saturated rings. The van der Waals surface area contributed by atoms with Gasteiger partial charge in [0.05, 0.1) is 18.3 Å². The van der Waals surface area contributed by atoms with Crippen LogP contribution in [-0.2, 0) is 0 Å². The Morgan fingerprint density at radius 3 is 2.86 bits per heavy atom. The predicted molar refractivity (Wildman–Crippen MR) is 53.5 cm³/mol. The molecule has 2 aromatic rings. The van der Waals surface area contributed by atoms with E-state index in [1.807, 2.05) is 6.07 Å². The topological polar surface area (TPSA) is 35.3 Å². The zero-order chi connectivity index (χ0) is 9.97.